The molecule has 2 aromatic heterocycles. The van der Waals surface area contributed by atoms with Crippen LogP contribution in [0.15, 0.2) is 391 Å². The van der Waals surface area contributed by atoms with E-state index in [2.05, 4.69) is 328 Å². The van der Waals surface area contributed by atoms with Gasteiger partial charge < -0.3 is 18.6 Å². The fraction of sp³-hybridized carbons (Fsp3) is 0.0459. The van der Waals surface area contributed by atoms with E-state index < -0.39 is 22.5 Å². The predicted octanol–water partition coefficient (Wildman–Crippen LogP) is 29.9. The van der Waals surface area contributed by atoms with Crippen LogP contribution in [0.1, 0.15) is 50.1 Å². The molecule has 22 rings (SSSR count). The Labute approximate surface area is 665 Å². The largest absolute Gasteiger partial charge is 0.454 e. The number of benzene rings is 18. The van der Waals surface area contributed by atoms with E-state index in [1.807, 2.05) is 72.8 Å². The summed E-state index contributed by atoms with van der Waals surface area (Å²) in [6.45, 7) is 6.40. The van der Waals surface area contributed by atoms with Gasteiger partial charge in [0.25, 0.3) is 0 Å². The molecule has 0 spiro atoms. The van der Waals surface area contributed by atoms with Gasteiger partial charge in [-0.3, -0.25) is 0 Å². The third-order valence-electron chi connectivity index (χ3n) is 24.9. The molecule has 0 saturated heterocycles. The van der Waals surface area contributed by atoms with Crippen molar-refractivity contribution in [3.8, 4) is 66.8 Å². The minimum absolute atomic E-state index is 0.363. The number of aryl methyl sites for hydroxylation is 2. The number of nitrogens with zero attached hydrogens (tertiary/aromatic N) is 2. The van der Waals surface area contributed by atoms with E-state index in [4.69, 9.17) is 8.83 Å². The molecule has 0 N–H and O–H groups in total. The second-order valence-corrected chi connectivity index (χ2v) is 30.7. The minimum Gasteiger partial charge on any atom is -0.454 e. The summed E-state index contributed by atoms with van der Waals surface area (Å²) in [6, 6.07) is 135. The summed E-state index contributed by atoms with van der Waals surface area (Å²) >= 11 is 0. The highest BCUT2D eigenvalue weighted by molar-refractivity contribution is 6.19. The van der Waals surface area contributed by atoms with E-state index in [-0.39, 0.29) is 0 Å². The van der Waals surface area contributed by atoms with Crippen LogP contribution < -0.4 is 9.80 Å². The number of para-hydroxylation sites is 4. The molecule has 0 bridgehead atoms. The van der Waals surface area contributed by atoms with Crippen LogP contribution in [0.5, 0.6) is 0 Å². The van der Waals surface area contributed by atoms with Crippen molar-refractivity contribution < 1.29 is 17.6 Å². The minimum atomic E-state index is -1.28. The van der Waals surface area contributed by atoms with Gasteiger partial charge in [0.1, 0.15) is 22.8 Å². The summed E-state index contributed by atoms with van der Waals surface area (Å²) in [7, 11) is 0. The molecule has 20 aromatic rings. The highest BCUT2D eigenvalue weighted by Crippen LogP contribution is 2.72. The predicted molar refractivity (Wildman–Crippen MR) is 471 cm³/mol. The molecular weight excluding hydrogens is 1410 g/mol. The third kappa shape index (κ3) is 9.88. The Morgan fingerprint density at radius 3 is 1.05 bits per heavy atom. The number of hydrogen-bond donors (Lipinski definition) is 0. The molecule has 2 unspecified atom stereocenters. The molecule has 2 heterocycles. The molecule has 0 radical (unpaired) electrons. The van der Waals surface area contributed by atoms with Crippen molar-refractivity contribution in [1.82, 2.24) is 0 Å². The summed E-state index contributed by atoms with van der Waals surface area (Å²) < 4.78 is 54.2. The van der Waals surface area contributed by atoms with Gasteiger partial charge in [0.2, 0.25) is 0 Å². The van der Waals surface area contributed by atoms with Crippen LogP contribution in [0.4, 0.5) is 42.9 Å². The summed E-state index contributed by atoms with van der Waals surface area (Å²) in [5, 5.41) is 7.47. The van der Waals surface area contributed by atoms with Crippen molar-refractivity contribution in [2.45, 2.75) is 31.6 Å². The topological polar surface area (TPSA) is 32.8 Å². The molecule has 2 aliphatic carbocycles. The zero-order valence-corrected chi connectivity index (χ0v) is 63.3. The Morgan fingerprint density at radius 2 is 0.591 bits per heavy atom. The molecule has 2 aliphatic rings. The molecule has 0 aliphatic heterocycles. The number of hydrogen-bond acceptors (Lipinski definition) is 4. The van der Waals surface area contributed by atoms with E-state index >= 15 is 8.78 Å². The van der Waals surface area contributed by atoms with E-state index in [0.717, 1.165) is 171 Å². The summed E-state index contributed by atoms with van der Waals surface area (Å²) in [5.41, 5.74) is 23.7. The van der Waals surface area contributed by atoms with Crippen molar-refractivity contribution in [2.75, 3.05) is 9.80 Å². The highest BCUT2D eigenvalue weighted by Gasteiger charge is 2.65. The van der Waals surface area contributed by atoms with Gasteiger partial charge in [-0.1, -0.05) is 322 Å². The fourth-order valence-corrected chi connectivity index (χ4v) is 20.0. The van der Waals surface area contributed by atoms with Crippen LogP contribution in [0.2, 0.25) is 0 Å². The lowest BCUT2D eigenvalue weighted by Crippen LogP contribution is -2.50. The summed E-state index contributed by atoms with van der Waals surface area (Å²) in [5.74, 6) is -0.825. The Hall–Kier alpha value is -14.5. The number of anilines is 6. The maximum Gasteiger partial charge on any atom is 0.159 e. The average Bonchev–Trinajstić information content (AvgIpc) is 1.48. The quantitative estimate of drug-likeness (QED) is 0.115. The molecule has 544 valence electrons. The van der Waals surface area contributed by atoms with Gasteiger partial charge in [0.05, 0.1) is 45.0 Å². The molecule has 4 nitrogen and oxygen atoms in total. The second-order valence-electron chi connectivity index (χ2n) is 30.7. The standard InChI is InChI=1S/C109H72F2N2O2/c1-67-34-30-52-77(69(67)3)89-62-73(71-37-10-5-11-38-71)64-95(111)105(89)113(97-58-32-54-85-81-47-25-29-60-101(81)115-107(85)97)99-66-93-103(83-49-21-19-45-79(83)99)87-51-23-27-56-91(87)109(93,75-41-14-7-15-42-75)108(74-39-12-6-13-40-74)90-55-26-22-50-86(90)102-82-48-20-18-44-78(82)98(65-92(102)108)112(96-57-31-53-84-80-46-24-28-59-100(80)114-106(84)96)104-88(76-43-17-16-33-68(76)2)61-72(63-94(104)110)70-35-8-4-9-36-70/h4-66H,1-3H3. The number of rotatable bonds is 13. The van der Waals surface area contributed by atoms with E-state index in [0.29, 0.717) is 45.0 Å². The van der Waals surface area contributed by atoms with Crippen LogP contribution in [0, 0.1) is 32.4 Å². The molecule has 2 atom stereocenters. The van der Waals surface area contributed by atoms with Crippen LogP contribution in [-0.2, 0) is 10.8 Å². The molecule has 0 fully saturated rings. The van der Waals surface area contributed by atoms with Gasteiger partial charge in [-0.25, -0.2) is 8.78 Å². The zero-order valence-electron chi connectivity index (χ0n) is 63.3. The van der Waals surface area contributed by atoms with Crippen molar-refractivity contribution >= 4 is 99.5 Å². The first-order chi connectivity index (χ1) is 56.7. The first kappa shape index (κ1) is 67.4. The maximum absolute atomic E-state index is 19.9. The molecule has 6 heteroatoms. The third-order valence-corrected chi connectivity index (χ3v) is 24.9. The first-order valence-electron chi connectivity index (χ1n) is 39.4. The Balaban J connectivity index is 0.926. The van der Waals surface area contributed by atoms with Gasteiger partial charge >= 0.3 is 0 Å². The molecule has 115 heavy (non-hydrogen) atoms. The van der Waals surface area contributed by atoms with Crippen molar-refractivity contribution in [3.05, 3.63) is 444 Å². The Bertz CT molecular complexity index is 7320. The number of halogens is 2. The molecule has 18 aromatic carbocycles. The van der Waals surface area contributed by atoms with Crippen LogP contribution >= 0.6 is 0 Å². The average molecular weight is 1480 g/mol. The van der Waals surface area contributed by atoms with Crippen LogP contribution in [0.25, 0.3) is 132 Å². The van der Waals surface area contributed by atoms with E-state index in [1.165, 1.54) is 0 Å². The van der Waals surface area contributed by atoms with Crippen molar-refractivity contribution in [1.29, 1.82) is 0 Å². The van der Waals surface area contributed by atoms with Gasteiger partial charge in [-0.05, 0) is 198 Å². The van der Waals surface area contributed by atoms with Crippen LogP contribution in [-0.4, -0.2) is 0 Å². The molecule has 0 saturated carbocycles. The maximum atomic E-state index is 19.9. The second kappa shape index (κ2) is 26.3. The lowest BCUT2D eigenvalue weighted by molar-refractivity contribution is 0.438. The van der Waals surface area contributed by atoms with Crippen LogP contribution in [0.3, 0.4) is 0 Å². The summed E-state index contributed by atoms with van der Waals surface area (Å²) in [6.07, 6.45) is 0. The fourth-order valence-electron chi connectivity index (χ4n) is 20.0. The lowest BCUT2D eigenvalue weighted by Gasteiger charge is -2.51. The lowest BCUT2D eigenvalue weighted by atomic mass is 9.49. The Morgan fingerprint density at radius 1 is 0.243 bits per heavy atom. The zero-order chi connectivity index (χ0) is 76.8. The Kier molecular flexibility index (Phi) is 15.4. The monoisotopic (exact) mass is 1480 g/mol. The smallest absolute Gasteiger partial charge is 0.159 e. The summed E-state index contributed by atoms with van der Waals surface area (Å²) in [4.78, 5) is 4.39. The van der Waals surface area contributed by atoms with Crippen molar-refractivity contribution in [3.63, 3.8) is 0 Å². The van der Waals surface area contributed by atoms with E-state index in [9.17, 15) is 0 Å². The SMILES string of the molecule is Cc1ccccc1-c1cc(-c2ccccc2)cc(F)c1N(c1cc2c(c3ccccc13)-c1ccccc1C2(c1ccccc1)C1(c2ccccc2)c2ccccc2-c2c1cc(N(c1c(F)cc(-c3ccccc3)cc1-c1cccc(C)c1C)c1cccc3c1oc1ccccc13)c1ccccc21)c1cccc2c1oc1ccccc12. The van der Waals surface area contributed by atoms with Gasteiger partial charge in [0, 0.05) is 43.4 Å². The van der Waals surface area contributed by atoms with Gasteiger partial charge in [-0.15, -0.1) is 0 Å². The van der Waals surface area contributed by atoms with Gasteiger partial charge in [-0.2, -0.15) is 0 Å². The van der Waals surface area contributed by atoms with E-state index in [1.54, 1.807) is 12.1 Å². The van der Waals surface area contributed by atoms with Gasteiger partial charge in [0.15, 0.2) is 11.2 Å². The normalized spacial score (nSPS) is 14.7. The number of furan rings is 2. The number of fused-ring (bicyclic) bond motifs is 16. The molecular formula is C109H72F2N2O2. The van der Waals surface area contributed by atoms with Crippen molar-refractivity contribution in [2.24, 2.45) is 0 Å². The first-order valence-corrected chi connectivity index (χ1v) is 39.4. The highest BCUT2D eigenvalue weighted by atomic mass is 19.1. The molecule has 0 amide bonds.